The minimum atomic E-state index is -4.70. The van der Waals surface area contributed by atoms with E-state index in [1.165, 1.54) is 24.3 Å². The summed E-state index contributed by atoms with van der Waals surface area (Å²) in [7, 11) is -4.39. The molecule has 0 saturated carbocycles. The highest BCUT2D eigenvalue weighted by Crippen LogP contribution is 2.31. The molecule has 0 bridgehead atoms. The molecule has 0 radical (unpaired) electrons. The molecule has 1 saturated heterocycles. The molecule has 1 aliphatic heterocycles. The molecule has 0 spiro atoms. The summed E-state index contributed by atoms with van der Waals surface area (Å²) in [6, 6.07) is 9.03. The van der Waals surface area contributed by atoms with E-state index in [9.17, 15) is 31.2 Å². The number of halogens is 3. The normalized spacial score (nSPS) is 14.3. The second kappa shape index (κ2) is 9.60. The molecule has 2 aromatic rings. The fourth-order valence-electron chi connectivity index (χ4n) is 3.32. The predicted molar refractivity (Wildman–Crippen MR) is 111 cm³/mol. The first-order valence-corrected chi connectivity index (χ1v) is 11.4. The van der Waals surface area contributed by atoms with Crippen molar-refractivity contribution in [2.24, 2.45) is 0 Å². The Morgan fingerprint density at radius 1 is 1.00 bits per heavy atom. The van der Waals surface area contributed by atoms with Crippen LogP contribution in [0.4, 0.5) is 18.9 Å². The van der Waals surface area contributed by atoms with Gasteiger partial charge in [0.25, 0.3) is 15.9 Å². The smallest absolute Gasteiger partial charge is 0.351 e. The van der Waals surface area contributed by atoms with Crippen LogP contribution in [0.1, 0.15) is 35.2 Å². The lowest BCUT2D eigenvalue weighted by Crippen LogP contribution is -2.33. The fourth-order valence-corrected chi connectivity index (χ4v) is 4.44. The Bertz CT molecular complexity index is 1100. The molecule has 2 amide bonds. The first kappa shape index (κ1) is 23.6. The van der Waals surface area contributed by atoms with Crippen LogP contribution < -0.4 is 10.0 Å². The number of hydrogen-bond acceptors (Lipinski definition) is 4. The number of nitrogens with zero attached hydrogens (tertiary/aromatic N) is 1. The monoisotopic (exact) mass is 469 g/mol. The number of hydrogen-bond donors (Lipinski definition) is 2. The van der Waals surface area contributed by atoms with Crippen molar-refractivity contribution in [2.75, 3.05) is 24.4 Å². The largest absolute Gasteiger partial charge is 0.416 e. The van der Waals surface area contributed by atoms with Crippen molar-refractivity contribution in [1.82, 2.24) is 10.2 Å². The van der Waals surface area contributed by atoms with Crippen LogP contribution in [0, 0.1) is 0 Å². The highest BCUT2D eigenvalue weighted by atomic mass is 32.2. The first-order valence-electron chi connectivity index (χ1n) is 9.93. The quantitative estimate of drug-likeness (QED) is 0.651. The molecule has 3 rings (SSSR count). The standard InChI is InChI=1S/C21H22F3N3O4S/c22-21(23,24)15-6-5-7-16(14-15)32(30,31)26-18-9-2-1-8-17(18)20(29)25-11-10-19(28)27-12-3-4-13-27/h1-2,5-9,14,26H,3-4,10-13H2,(H,25,29). The number of carbonyl (C=O) groups is 2. The Kier molecular flexibility index (Phi) is 7.07. The Morgan fingerprint density at radius 3 is 2.38 bits per heavy atom. The summed E-state index contributed by atoms with van der Waals surface area (Å²) in [5.74, 6) is -0.678. The Balaban J connectivity index is 1.70. The van der Waals surface area contributed by atoms with Crippen LogP contribution in [-0.4, -0.2) is 44.8 Å². The third kappa shape index (κ3) is 5.78. The summed E-state index contributed by atoms with van der Waals surface area (Å²) in [6.45, 7) is 1.47. The van der Waals surface area contributed by atoms with E-state index >= 15 is 0 Å². The molecular formula is C21H22F3N3O4S. The number of carbonyl (C=O) groups excluding carboxylic acids is 2. The second-order valence-corrected chi connectivity index (χ2v) is 8.95. The molecule has 1 fully saturated rings. The lowest BCUT2D eigenvalue weighted by Gasteiger charge is -2.16. The van der Waals surface area contributed by atoms with Gasteiger partial charge in [0.1, 0.15) is 0 Å². The molecule has 7 nitrogen and oxygen atoms in total. The number of para-hydroxylation sites is 1. The van der Waals surface area contributed by atoms with Crippen molar-refractivity contribution < 1.29 is 31.2 Å². The zero-order chi connectivity index (χ0) is 23.4. The number of sulfonamides is 1. The van der Waals surface area contributed by atoms with Gasteiger partial charge in [-0.25, -0.2) is 8.42 Å². The minimum absolute atomic E-state index is 0.0170. The number of anilines is 1. The zero-order valence-electron chi connectivity index (χ0n) is 17.0. The van der Waals surface area contributed by atoms with Gasteiger partial charge >= 0.3 is 6.18 Å². The van der Waals surface area contributed by atoms with Gasteiger partial charge in [-0.3, -0.25) is 14.3 Å². The van der Waals surface area contributed by atoms with Crippen LogP contribution in [0.2, 0.25) is 0 Å². The van der Waals surface area contributed by atoms with Crippen LogP contribution in [-0.2, 0) is 21.0 Å². The second-order valence-electron chi connectivity index (χ2n) is 7.27. The van der Waals surface area contributed by atoms with Crippen molar-refractivity contribution in [3.05, 3.63) is 59.7 Å². The van der Waals surface area contributed by atoms with Gasteiger partial charge in [0.15, 0.2) is 0 Å². The molecule has 2 N–H and O–H groups in total. The van der Waals surface area contributed by atoms with E-state index < -0.39 is 32.6 Å². The summed E-state index contributed by atoms with van der Waals surface area (Å²) >= 11 is 0. The van der Waals surface area contributed by atoms with Crippen LogP contribution in [0.3, 0.4) is 0 Å². The van der Waals surface area contributed by atoms with Gasteiger partial charge in [-0.2, -0.15) is 13.2 Å². The third-order valence-electron chi connectivity index (χ3n) is 4.97. The summed E-state index contributed by atoms with van der Waals surface area (Å²) in [6.07, 6.45) is -2.67. The highest BCUT2D eigenvalue weighted by Gasteiger charge is 2.32. The van der Waals surface area contributed by atoms with Gasteiger partial charge in [0.2, 0.25) is 5.91 Å². The van der Waals surface area contributed by atoms with Crippen molar-refractivity contribution in [3.8, 4) is 0 Å². The van der Waals surface area contributed by atoms with E-state index in [0.717, 1.165) is 31.0 Å². The number of rotatable bonds is 7. The molecule has 2 aromatic carbocycles. The number of benzene rings is 2. The van der Waals surface area contributed by atoms with Crippen LogP contribution in [0.25, 0.3) is 0 Å². The van der Waals surface area contributed by atoms with E-state index in [0.29, 0.717) is 19.2 Å². The van der Waals surface area contributed by atoms with Crippen molar-refractivity contribution in [1.29, 1.82) is 0 Å². The highest BCUT2D eigenvalue weighted by molar-refractivity contribution is 7.92. The number of amides is 2. The average Bonchev–Trinajstić information content (AvgIpc) is 3.28. The number of likely N-dealkylation sites (tertiary alicyclic amines) is 1. The lowest BCUT2D eigenvalue weighted by atomic mass is 10.1. The summed E-state index contributed by atoms with van der Waals surface area (Å²) in [5.41, 5.74) is -1.21. The maximum atomic E-state index is 12.9. The predicted octanol–water partition coefficient (Wildman–Crippen LogP) is 3.25. The molecular weight excluding hydrogens is 447 g/mol. The topological polar surface area (TPSA) is 95.6 Å². The van der Waals surface area contributed by atoms with Crippen LogP contribution in [0.15, 0.2) is 53.4 Å². The molecule has 0 unspecified atom stereocenters. The minimum Gasteiger partial charge on any atom is -0.351 e. The van der Waals surface area contributed by atoms with Crippen molar-refractivity contribution >= 4 is 27.5 Å². The molecule has 1 heterocycles. The first-order chi connectivity index (χ1) is 15.1. The number of alkyl halides is 3. The molecule has 32 heavy (non-hydrogen) atoms. The maximum absolute atomic E-state index is 12.9. The van der Waals surface area contributed by atoms with Gasteiger partial charge < -0.3 is 10.2 Å². The summed E-state index contributed by atoms with van der Waals surface area (Å²) < 4.78 is 66.3. The third-order valence-corrected chi connectivity index (χ3v) is 6.33. The maximum Gasteiger partial charge on any atom is 0.416 e. The summed E-state index contributed by atoms with van der Waals surface area (Å²) in [4.78, 5) is 25.8. The van der Waals surface area contributed by atoms with Crippen molar-refractivity contribution in [3.63, 3.8) is 0 Å². The molecule has 0 atom stereocenters. The van der Waals surface area contributed by atoms with Crippen LogP contribution >= 0.6 is 0 Å². The molecule has 11 heteroatoms. The SMILES string of the molecule is O=C(NCCC(=O)N1CCCC1)c1ccccc1NS(=O)(=O)c1cccc(C(F)(F)F)c1. The van der Waals surface area contributed by atoms with Crippen molar-refractivity contribution in [2.45, 2.75) is 30.3 Å². The van der Waals surface area contributed by atoms with Gasteiger partial charge in [0.05, 0.1) is 21.7 Å². The van der Waals surface area contributed by atoms with E-state index in [1.54, 1.807) is 4.90 Å². The van der Waals surface area contributed by atoms with E-state index in [2.05, 4.69) is 10.0 Å². The number of nitrogens with one attached hydrogen (secondary N) is 2. The Hall–Kier alpha value is -3.08. The zero-order valence-corrected chi connectivity index (χ0v) is 17.8. The van der Waals surface area contributed by atoms with E-state index in [-0.39, 0.29) is 30.1 Å². The lowest BCUT2D eigenvalue weighted by molar-refractivity contribution is -0.137. The van der Waals surface area contributed by atoms with Gasteiger partial charge in [-0.15, -0.1) is 0 Å². The van der Waals surface area contributed by atoms with Gasteiger partial charge in [-0.1, -0.05) is 18.2 Å². The van der Waals surface area contributed by atoms with E-state index in [1.807, 2.05) is 0 Å². The molecule has 0 aliphatic carbocycles. The van der Waals surface area contributed by atoms with E-state index in [4.69, 9.17) is 0 Å². The Morgan fingerprint density at radius 2 is 1.69 bits per heavy atom. The molecule has 172 valence electrons. The van der Waals surface area contributed by atoms with Gasteiger partial charge in [-0.05, 0) is 43.2 Å². The van der Waals surface area contributed by atoms with Crippen LogP contribution in [0.5, 0.6) is 0 Å². The molecule has 0 aromatic heterocycles. The molecule has 1 aliphatic rings. The van der Waals surface area contributed by atoms with Gasteiger partial charge in [0, 0.05) is 26.1 Å². The summed E-state index contributed by atoms with van der Waals surface area (Å²) in [5, 5.41) is 2.58. The average molecular weight is 469 g/mol. The Labute approximate surface area is 183 Å². The fraction of sp³-hybridized carbons (Fsp3) is 0.333.